The Morgan fingerprint density at radius 3 is 3.12 bits per heavy atom. The summed E-state index contributed by atoms with van der Waals surface area (Å²) in [6.07, 6.45) is 2.95. The van der Waals surface area contributed by atoms with Gasteiger partial charge in [-0.05, 0) is 49.4 Å². The van der Waals surface area contributed by atoms with E-state index in [0.29, 0.717) is 6.61 Å². The molecule has 0 aromatic heterocycles. The number of hydrogen-bond acceptors (Lipinski definition) is 3. The van der Waals surface area contributed by atoms with E-state index in [-0.39, 0.29) is 11.9 Å². The number of aryl methyl sites for hydroxylation is 1. The summed E-state index contributed by atoms with van der Waals surface area (Å²) < 4.78 is 5.10. The first kappa shape index (κ1) is 11.0. The lowest BCUT2D eigenvalue weighted by atomic mass is 9.82. The Morgan fingerprint density at radius 2 is 2.38 bits per heavy atom. The van der Waals surface area contributed by atoms with Crippen molar-refractivity contribution in [3.05, 3.63) is 29.3 Å². The molecule has 0 spiro atoms. The molecule has 0 fully saturated rings. The van der Waals surface area contributed by atoms with Gasteiger partial charge in [-0.3, -0.25) is 4.79 Å². The number of ether oxygens (including phenoxy) is 1. The smallest absolute Gasteiger partial charge is 0.313 e. The average Bonchev–Trinajstić information content (AvgIpc) is 2.28. The van der Waals surface area contributed by atoms with Gasteiger partial charge in [-0.2, -0.15) is 0 Å². The lowest BCUT2D eigenvalue weighted by Crippen LogP contribution is -2.21. The van der Waals surface area contributed by atoms with Gasteiger partial charge in [-0.1, -0.05) is 6.07 Å². The normalized spacial score (nSPS) is 18.9. The summed E-state index contributed by atoms with van der Waals surface area (Å²) in [5, 5.41) is 0. The van der Waals surface area contributed by atoms with E-state index in [4.69, 9.17) is 10.5 Å². The summed E-state index contributed by atoms with van der Waals surface area (Å²) >= 11 is 0. The molecule has 0 saturated carbocycles. The van der Waals surface area contributed by atoms with Crippen LogP contribution in [0.15, 0.2) is 18.2 Å². The fourth-order valence-corrected chi connectivity index (χ4v) is 2.31. The van der Waals surface area contributed by atoms with Crippen molar-refractivity contribution >= 4 is 11.7 Å². The summed E-state index contributed by atoms with van der Waals surface area (Å²) in [7, 11) is 0. The minimum atomic E-state index is -0.118. The second-order valence-corrected chi connectivity index (χ2v) is 4.16. The SMILES string of the molecule is CCOC(=O)C1CCCc2ccc(N)cc21. The number of nitrogen functional groups attached to an aromatic ring is 1. The maximum Gasteiger partial charge on any atom is 0.313 e. The molecule has 1 aromatic rings. The van der Waals surface area contributed by atoms with Crippen LogP contribution in [0.4, 0.5) is 5.69 Å². The highest BCUT2D eigenvalue weighted by atomic mass is 16.5. The number of hydrogen-bond donors (Lipinski definition) is 1. The zero-order valence-electron chi connectivity index (χ0n) is 9.53. The summed E-state index contributed by atoms with van der Waals surface area (Å²) in [5.74, 6) is -0.235. The van der Waals surface area contributed by atoms with Gasteiger partial charge in [0.15, 0.2) is 0 Å². The zero-order valence-corrected chi connectivity index (χ0v) is 9.53. The molecule has 0 aliphatic heterocycles. The van der Waals surface area contributed by atoms with Gasteiger partial charge in [0.25, 0.3) is 0 Å². The maximum atomic E-state index is 11.8. The van der Waals surface area contributed by atoms with Crippen molar-refractivity contribution in [2.45, 2.75) is 32.1 Å². The van der Waals surface area contributed by atoms with Crippen molar-refractivity contribution in [2.75, 3.05) is 12.3 Å². The molecule has 2 N–H and O–H groups in total. The van der Waals surface area contributed by atoms with Gasteiger partial charge in [0.05, 0.1) is 12.5 Å². The minimum Gasteiger partial charge on any atom is -0.466 e. The van der Waals surface area contributed by atoms with Crippen LogP contribution in [0, 0.1) is 0 Å². The van der Waals surface area contributed by atoms with Gasteiger partial charge >= 0.3 is 5.97 Å². The van der Waals surface area contributed by atoms with Crippen LogP contribution >= 0.6 is 0 Å². The van der Waals surface area contributed by atoms with Crippen LogP contribution in [0.1, 0.15) is 36.8 Å². The van der Waals surface area contributed by atoms with Crippen molar-refractivity contribution in [1.29, 1.82) is 0 Å². The molecule has 0 radical (unpaired) electrons. The van der Waals surface area contributed by atoms with E-state index in [2.05, 4.69) is 0 Å². The molecule has 1 unspecified atom stereocenters. The van der Waals surface area contributed by atoms with Gasteiger partial charge in [0.1, 0.15) is 0 Å². The van der Waals surface area contributed by atoms with Crippen molar-refractivity contribution in [1.82, 2.24) is 0 Å². The topological polar surface area (TPSA) is 52.3 Å². The fraction of sp³-hybridized carbons (Fsp3) is 0.462. The predicted molar refractivity (Wildman–Crippen MR) is 63.2 cm³/mol. The van der Waals surface area contributed by atoms with Crippen molar-refractivity contribution < 1.29 is 9.53 Å². The molecule has 1 atom stereocenters. The minimum absolute atomic E-state index is 0.117. The number of fused-ring (bicyclic) bond motifs is 1. The standard InChI is InChI=1S/C13H17NO2/c1-2-16-13(15)11-5-3-4-9-6-7-10(14)8-12(9)11/h6-8,11H,2-5,14H2,1H3. The molecule has 3 heteroatoms. The van der Waals surface area contributed by atoms with E-state index in [1.807, 2.05) is 25.1 Å². The van der Waals surface area contributed by atoms with Crippen LogP contribution < -0.4 is 5.73 Å². The number of nitrogens with two attached hydrogens (primary N) is 1. The second kappa shape index (κ2) is 4.56. The van der Waals surface area contributed by atoms with Crippen LogP contribution in [0.5, 0.6) is 0 Å². The van der Waals surface area contributed by atoms with Crippen LogP contribution in [0.25, 0.3) is 0 Å². The molecule has 0 heterocycles. The molecule has 86 valence electrons. The largest absolute Gasteiger partial charge is 0.466 e. The van der Waals surface area contributed by atoms with Crippen LogP contribution in [-0.2, 0) is 16.0 Å². The Balaban J connectivity index is 2.31. The lowest BCUT2D eigenvalue weighted by molar-refractivity contribution is -0.145. The number of carbonyl (C=O) groups is 1. The Kier molecular flexibility index (Phi) is 3.13. The van der Waals surface area contributed by atoms with E-state index < -0.39 is 0 Å². The van der Waals surface area contributed by atoms with E-state index in [1.165, 1.54) is 5.56 Å². The molecule has 16 heavy (non-hydrogen) atoms. The van der Waals surface area contributed by atoms with Gasteiger partial charge in [0.2, 0.25) is 0 Å². The number of anilines is 1. The first-order valence-electron chi connectivity index (χ1n) is 5.77. The van der Waals surface area contributed by atoms with Gasteiger partial charge in [-0.15, -0.1) is 0 Å². The quantitative estimate of drug-likeness (QED) is 0.613. The summed E-state index contributed by atoms with van der Waals surface area (Å²) in [6.45, 7) is 2.27. The number of esters is 1. The lowest BCUT2D eigenvalue weighted by Gasteiger charge is -2.24. The van der Waals surface area contributed by atoms with Gasteiger partial charge < -0.3 is 10.5 Å². The van der Waals surface area contributed by atoms with Crippen LogP contribution in [-0.4, -0.2) is 12.6 Å². The first-order chi connectivity index (χ1) is 7.72. The molecule has 0 saturated heterocycles. The van der Waals surface area contributed by atoms with Crippen molar-refractivity contribution in [2.24, 2.45) is 0 Å². The summed E-state index contributed by atoms with van der Waals surface area (Å²) in [4.78, 5) is 11.8. The van der Waals surface area contributed by atoms with E-state index in [1.54, 1.807) is 0 Å². The molecule has 0 bridgehead atoms. The Hall–Kier alpha value is -1.51. The number of carbonyl (C=O) groups excluding carboxylic acids is 1. The maximum absolute atomic E-state index is 11.8. The molecular weight excluding hydrogens is 202 g/mol. The Bertz CT molecular complexity index is 401. The second-order valence-electron chi connectivity index (χ2n) is 4.16. The third-order valence-electron chi connectivity index (χ3n) is 3.06. The molecule has 1 aliphatic rings. The monoisotopic (exact) mass is 219 g/mol. The third-order valence-corrected chi connectivity index (χ3v) is 3.06. The predicted octanol–water partition coefficient (Wildman–Crippen LogP) is 2.25. The van der Waals surface area contributed by atoms with E-state index in [0.717, 1.165) is 30.5 Å². The van der Waals surface area contributed by atoms with Gasteiger partial charge in [0, 0.05) is 5.69 Å². The molecule has 1 aromatic carbocycles. The fourth-order valence-electron chi connectivity index (χ4n) is 2.31. The average molecular weight is 219 g/mol. The van der Waals surface area contributed by atoms with E-state index in [9.17, 15) is 4.79 Å². The molecule has 3 nitrogen and oxygen atoms in total. The molecule has 2 rings (SSSR count). The molecular formula is C13H17NO2. The molecule has 0 amide bonds. The highest BCUT2D eigenvalue weighted by Gasteiger charge is 2.27. The Morgan fingerprint density at radius 1 is 1.56 bits per heavy atom. The van der Waals surface area contributed by atoms with Crippen molar-refractivity contribution in [3.63, 3.8) is 0 Å². The first-order valence-corrected chi connectivity index (χ1v) is 5.77. The van der Waals surface area contributed by atoms with E-state index >= 15 is 0 Å². The highest BCUT2D eigenvalue weighted by molar-refractivity contribution is 5.79. The van der Waals surface area contributed by atoms with Crippen LogP contribution in [0.2, 0.25) is 0 Å². The number of rotatable bonds is 2. The van der Waals surface area contributed by atoms with Crippen molar-refractivity contribution in [3.8, 4) is 0 Å². The van der Waals surface area contributed by atoms with Crippen LogP contribution in [0.3, 0.4) is 0 Å². The third kappa shape index (κ3) is 2.03. The number of benzene rings is 1. The zero-order chi connectivity index (χ0) is 11.5. The van der Waals surface area contributed by atoms with Gasteiger partial charge in [-0.25, -0.2) is 0 Å². The Labute approximate surface area is 95.6 Å². The molecule has 1 aliphatic carbocycles. The summed E-state index contributed by atoms with van der Waals surface area (Å²) in [6, 6.07) is 5.83. The highest BCUT2D eigenvalue weighted by Crippen LogP contribution is 2.33. The summed E-state index contributed by atoms with van der Waals surface area (Å²) in [5.41, 5.74) is 8.78.